The smallest absolute Gasteiger partial charge is 0.257 e. The molecule has 3 amide bonds. The van der Waals surface area contributed by atoms with Gasteiger partial charge in [0.25, 0.3) is 5.91 Å². The third-order valence-electron chi connectivity index (χ3n) is 4.93. The first-order valence-corrected chi connectivity index (χ1v) is 11.7. The molecule has 7 nitrogen and oxygen atoms in total. The second kappa shape index (κ2) is 11.9. The highest BCUT2D eigenvalue weighted by Gasteiger charge is 2.19. The predicted molar refractivity (Wildman–Crippen MR) is 138 cm³/mol. The fraction of sp³-hybridized carbons (Fsp3) is 0.192. The van der Waals surface area contributed by atoms with Crippen LogP contribution >= 0.6 is 11.8 Å². The van der Waals surface area contributed by atoms with E-state index in [9.17, 15) is 14.4 Å². The Kier molecular flexibility index (Phi) is 8.70. The lowest BCUT2D eigenvalue weighted by atomic mass is 10.1. The van der Waals surface area contributed by atoms with Gasteiger partial charge in [-0.25, -0.2) is 0 Å². The zero-order valence-corrected chi connectivity index (χ0v) is 20.1. The maximum Gasteiger partial charge on any atom is 0.257 e. The lowest BCUT2D eigenvalue weighted by Gasteiger charge is -2.15. The summed E-state index contributed by atoms with van der Waals surface area (Å²) < 4.78 is 5.18. The quantitative estimate of drug-likeness (QED) is 0.405. The minimum atomic E-state index is -0.502. The van der Waals surface area contributed by atoms with Crippen molar-refractivity contribution in [3.8, 4) is 5.75 Å². The number of amides is 3. The van der Waals surface area contributed by atoms with Crippen LogP contribution in [0, 0.1) is 6.92 Å². The molecule has 3 aromatic rings. The fourth-order valence-electron chi connectivity index (χ4n) is 3.03. The van der Waals surface area contributed by atoms with Crippen molar-refractivity contribution in [2.75, 3.05) is 28.8 Å². The third-order valence-corrected chi connectivity index (χ3v) is 6.07. The van der Waals surface area contributed by atoms with Gasteiger partial charge in [-0.15, -0.1) is 11.8 Å². The molecule has 0 aliphatic carbocycles. The molecule has 1 unspecified atom stereocenters. The van der Waals surface area contributed by atoms with E-state index in [0.717, 1.165) is 5.56 Å². The summed E-state index contributed by atoms with van der Waals surface area (Å²) in [5, 5.41) is 7.93. The molecule has 0 spiro atoms. The Bertz CT molecular complexity index is 1160. The maximum atomic E-state index is 12.8. The Morgan fingerprint density at radius 2 is 1.62 bits per heavy atom. The fourth-order valence-corrected chi connectivity index (χ4v) is 3.72. The van der Waals surface area contributed by atoms with Gasteiger partial charge in [0.05, 0.1) is 29.4 Å². The lowest BCUT2D eigenvalue weighted by Crippen LogP contribution is -2.26. The van der Waals surface area contributed by atoms with Gasteiger partial charge >= 0.3 is 0 Å². The Labute approximate surface area is 203 Å². The number of ether oxygens (including phenoxy) is 1. The minimum Gasteiger partial charge on any atom is -0.497 e. The number of carbonyl (C=O) groups is 3. The Balaban J connectivity index is 1.57. The highest BCUT2D eigenvalue weighted by Crippen LogP contribution is 2.22. The summed E-state index contributed by atoms with van der Waals surface area (Å²) in [6.45, 7) is 3.69. The van der Waals surface area contributed by atoms with Crippen LogP contribution in [0.3, 0.4) is 0 Å². The first-order valence-electron chi connectivity index (χ1n) is 10.7. The number of nitrogens with one attached hydrogen (secondary N) is 3. The number of benzene rings is 3. The van der Waals surface area contributed by atoms with Crippen molar-refractivity contribution in [2.24, 2.45) is 0 Å². The summed E-state index contributed by atoms with van der Waals surface area (Å²) in [6, 6.07) is 21.3. The van der Waals surface area contributed by atoms with Crippen LogP contribution in [0.15, 0.2) is 72.8 Å². The van der Waals surface area contributed by atoms with E-state index < -0.39 is 5.25 Å². The van der Waals surface area contributed by atoms with Gasteiger partial charge in [0, 0.05) is 17.4 Å². The van der Waals surface area contributed by atoms with Crippen molar-refractivity contribution in [1.82, 2.24) is 0 Å². The number of hydrogen-bond donors (Lipinski definition) is 3. The SMILES string of the molecule is COc1cccc(NC(=O)c2ccccc2NC(=O)C(C)SCC(=O)Nc2ccc(C)cc2)c1. The molecule has 0 saturated heterocycles. The molecule has 3 rings (SSSR count). The molecule has 176 valence electrons. The number of rotatable bonds is 9. The van der Waals surface area contributed by atoms with E-state index in [-0.39, 0.29) is 23.5 Å². The standard InChI is InChI=1S/C26H27N3O4S/c1-17-11-13-19(14-12-17)27-24(30)16-34-18(2)25(31)29-23-10-5-4-9-22(23)26(32)28-20-7-6-8-21(15-20)33-3/h4-15,18H,16H2,1-3H3,(H,27,30)(H,28,32)(H,29,31). The maximum absolute atomic E-state index is 12.8. The van der Waals surface area contributed by atoms with Gasteiger partial charge in [-0.05, 0) is 50.2 Å². The summed E-state index contributed by atoms with van der Waals surface area (Å²) in [4.78, 5) is 37.8. The molecule has 0 heterocycles. The zero-order valence-electron chi connectivity index (χ0n) is 19.3. The van der Waals surface area contributed by atoms with Crippen LogP contribution in [0.2, 0.25) is 0 Å². The van der Waals surface area contributed by atoms with Crippen LogP contribution in [0.25, 0.3) is 0 Å². The zero-order chi connectivity index (χ0) is 24.5. The number of hydrogen-bond acceptors (Lipinski definition) is 5. The summed E-state index contributed by atoms with van der Waals surface area (Å²) in [7, 11) is 1.55. The molecular formula is C26H27N3O4S. The van der Waals surface area contributed by atoms with E-state index in [2.05, 4.69) is 16.0 Å². The highest BCUT2D eigenvalue weighted by atomic mass is 32.2. The Morgan fingerprint density at radius 3 is 2.35 bits per heavy atom. The molecule has 3 aromatic carbocycles. The number of thioether (sulfide) groups is 1. The van der Waals surface area contributed by atoms with Crippen molar-refractivity contribution in [3.05, 3.63) is 83.9 Å². The summed E-state index contributed by atoms with van der Waals surface area (Å²) in [5.41, 5.74) is 3.12. The van der Waals surface area contributed by atoms with E-state index in [1.54, 1.807) is 62.6 Å². The molecule has 0 aliphatic rings. The van der Waals surface area contributed by atoms with Crippen LogP contribution in [-0.2, 0) is 9.59 Å². The van der Waals surface area contributed by atoms with Crippen LogP contribution in [0.5, 0.6) is 5.75 Å². The molecule has 0 saturated carbocycles. The third kappa shape index (κ3) is 7.11. The van der Waals surface area contributed by atoms with Gasteiger partial charge < -0.3 is 20.7 Å². The summed E-state index contributed by atoms with van der Waals surface area (Å²) in [5.74, 6) is -0.0969. The summed E-state index contributed by atoms with van der Waals surface area (Å²) >= 11 is 1.22. The molecule has 0 aromatic heterocycles. The molecule has 3 N–H and O–H groups in total. The molecule has 0 bridgehead atoms. The average molecular weight is 478 g/mol. The van der Waals surface area contributed by atoms with Crippen LogP contribution in [0.4, 0.5) is 17.1 Å². The monoisotopic (exact) mass is 477 g/mol. The molecular weight excluding hydrogens is 450 g/mol. The van der Waals surface area contributed by atoms with Crippen LogP contribution < -0.4 is 20.7 Å². The average Bonchev–Trinajstić information content (AvgIpc) is 2.84. The number of anilines is 3. The van der Waals surface area contributed by atoms with Gasteiger partial charge in [0.2, 0.25) is 11.8 Å². The van der Waals surface area contributed by atoms with Gasteiger partial charge in [-0.2, -0.15) is 0 Å². The van der Waals surface area contributed by atoms with Crippen molar-refractivity contribution >= 4 is 46.5 Å². The Hall–Kier alpha value is -3.78. The highest BCUT2D eigenvalue weighted by molar-refractivity contribution is 8.01. The Morgan fingerprint density at radius 1 is 0.882 bits per heavy atom. The van der Waals surface area contributed by atoms with Crippen molar-refractivity contribution in [3.63, 3.8) is 0 Å². The van der Waals surface area contributed by atoms with Crippen molar-refractivity contribution in [1.29, 1.82) is 0 Å². The molecule has 0 fully saturated rings. The number of para-hydroxylation sites is 1. The normalized spacial score (nSPS) is 11.3. The molecule has 1 atom stereocenters. The van der Waals surface area contributed by atoms with Crippen molar-refractivity contribution in [2.45, 2.75) is 19.1 Å². The molecule has 8 heteroatoms. The van der Waals surface area contributed by atoms with Gasteiger partial charge in [0.15, 0.2) is 0 Å². The van der Waals surface area contributed by atoms with Gasteiger partial charge in [-0.3, -0.25) is 14.4 Å². The van der Waals surface area contributed by atoms with E-state index >= 15 is 0 Å². The summed E-state index contributed by atoms with van der Waals surface area (Å²) in [6.07, 6.45) is 0. The number of carbonyl (C=O) groups excluding carboxylic acids is 3. The minimum absolute atomic E-state index is 0.125. The number of aryl methyl sites for hydroxylation is 1. The topological polar surface area (TPSA) is 96.5 Å². The van der Waals surface area contributed by atoms with Gasteiger partial charge in [0.1, 0.15) is 5.75 Å². The van der Waals surface area contributed by atoms with E-state index in [4.69, 9.17) is 4.74 Å². The first kappa shape index (κ1) is 24.9. The van der Waals surface area contributed by atoms with Crippen molar-refractivity contribution < 1.29 is 19.1 Å². The second-order valence-corrected chi connectivity index (χ2v) is 8.92. The largest absolute Gasteiger partial charge is 0.497 e. The van der Waals surface area contributed by atoms with Gasteiger partial charge in [-0.1, -0.05) is 35.9 Å². The number of methoxy groups -OCH3 is 1. The predicted octanol–water partition coefficient (Wildman–Crippen LogP) is 4.95. The van der Waals surface area contributed by atoms with Crippen LogP contribution in [0.1, 0.15) is 22.8 Å². The lowest BCUT2D eigenvalue weighted by molar-refractivity contribution is -0.115. The second-order valence-electron chi connectivity index (χ2n) is 7.59. The first-order chi connectivity index (χ1) is 16.4. The molecule has 0 radical (unpaired) electrons. The van der Waals surface area contributed by atoms with E-state index in [1.165, 1.54) is 11.8 Å². The van der Waals surface area contributed by atoms with E-state index in [0.29, 0.717) is 28.4 Å². The van der Waals surface area contributed by atoms with E-state index in [1.807, 2.05) is 31.2 Å². The molecule has 34 heavy (non-hydrogen) atoms. The van der Waals surface area contributed by atoms with Crippen LogP contribution in [-0.4, -0.2) is 35.8 Å². The molecule has 0 aliphatic heterocycles.